The Kier molecular flexibility index (Phi) is 10.3. The minimum atomic E-state index is 0.140. The highest BCUT2D eigenvalue weighted by atomic mass is 16.1. The number of aromatic nitrogens is 3. The zero-order valence-corrected chi connectivity index (χ0v) is 24.8. The van der Waals surface area contributed by atoms with Gasteiger partial charge in [0.15, 0.2) is 5.78 Å². The molecule has 0 spiro atoms. The Hall–Kier alpha value is -4.13. The summed E-state index contributed by atoms with van der Waals surface area (Å²) in [5.74, 6) is 1.05. The van der Waals surface area contributed by atoms with Crippen LogP contribution in [-0.2, 0) is 32.6 Å². The Balaban J connectivity index is 1.21. The van der Waals surface area contributed by atoms with E-state index in [9.17, 15) is 4.79 Å². The molecule has 6 heteroatoms. The minimum absolute atomic E-state index is 0.140. The molecule has 0 saturated heterocycles. The minimum Gasteiger partial charge on any atom is -0.348 e. The van der Waals surface area contributed by atoms with Gasteiger partial charge in [0.25, 0.3) is 0 Å². The van der Waals surface area contributed by atoms with E-state index in [1.807, 2.05) is 30.6 Å². The second-order valence-electron chi connectivity index (χ2n) is 11.1. The first-order chi connectivity index (χ1) is 20.6. The van der Waals surface area contributed by atoms with Gasteiger partial charge in [0.05, 0.1) is 12.2 Å². The van der Waals surface area contributed by atoms with Gasteiger partial charge >= 0.3 is 0 Å². The lowest BCUT2D eigenvalue weighted by atomic mass is 10.0. The van der Waals surface area contributed by atoms with Crippen molar-refractivity contribution in [2.75, 3.05) is 13.1 Å². The standard InChI is InChI=1S/C36H41N5O/c1-3-19-40(20-4-2)24-29-11-9-28(10-12-29)21-35(42)31-15-13-30(14-16-31)25-41(27-36-37-17-18-38-36)26-34-22-32-7-5-6-8-33(32)23-39-34/h5-18,22-23H,3-4,19-21,24-27H2,1-2H3,(H,37,38). The Morgan fingerprint density at radius 2 is 1.36 bits per heavy atom. The van der Waals surface area contributed by atoms with Gasteiger partial charge in [-0.05, 0) is 54.1 Å². The van der Waals surface area contributed by atoms with E-state index in [0.29, 0.717) is 19.5 Å². The Morgan fingerprint density at radius 3 is 2.02 bits per heavy atom. The van der Waals surface area contributed by atoms with E-state index in [0.717, 1.165) is 72.6 Å². The number of imidazole rings is 1. The van der Waals surface area contributed by atoms with Gasteiger partial charge in [-0.3, -0.25) is 19.6 Å². The van der Waals surface area contributed by atoms with Crippen molar-refractivity contribution in [3.8, 4) is 0 Å². The molecule has 1 N–H and O–H groups in total. The molecule has 2 heterocycles. The number of Topliss-reactive ketones (excluding diaryl/α,β-unsaturated/α-hetero) is 1. The van der Waals surface area contributed by atoms with Crippen molar-refractivity contribution in [3.63, 3.8) is 0 Å². The number of benzene rings is 3. The smallest absolute Gasteiger partial charge is 0.167 e. The number of nitrogens with one attached hydrogen (secondary N) is 1. The predicted octanol–water partition coefficient (Wildman–Crippen LogP) is 7.21. The molecule has 0 amide bonds. The fourth-order valence-corrected chi connectivity index (χ4v) is 5.47. The molecule has 2 aromatic heterocycles. The van der Waals surface area contributed by atoms with E-state index in [1.165, 1.54) is 10.9 Å². The van der Waals surface area contributed by atoms with Gasteiger partial charge in [0, 0.05) is 55.6 Å². The maximum atomic E-state index is 13.1. The molecule has 0 fully saturated rings. The third kappa shape index (κ3) is 8.21. The van der Waals surface area contributed by atoms with Crippen LogP contribution in [0.25, 0.3) is 10.8 Å². The van der Waals surface area contributed by atoms with Crippen molar-refractivity contribution in [3.05, 3.63) is 131 Å². The molecule has 0 aliphatic rings. The average Bonchev–Trinajstić information content (AvgIpc) is 3.52. The molecule has 0 aliphatic carbocycles. The van der Waals surface area contributed by atoms with Gasteiger partial charge < -0.3 is 4.98 Å². The lowest BCUT2D eigenvalue weighted by molar-refractivity contribution is 0.0993. The molecule has 3 aromatic carbocycles. The molecular formula is C36H41N5O. The van der Waals surface area contributed by atoms with Crippen molar-refractivity contribution >= 4 is 16.6 Å². The third-order valence-corrected chi connectivity index (χ3v) is 7.56. The van der Waals surface area contributed by atoms with E-state index in [2.05, 4.69) is 94.3 Å². The largest absolute Gasteiger partial charge is 0.348 e. The second kappa shape index (κ2) is 14.7. The number of aromatic amines is 1. The number of carbonyl (C=O) groups is 1. The van der Waals surface area contributed by atoms with Crippen LogP contribution >= 0.6 is 0 Å². The van der Waals surface area contributed by atoms with Crippen LogP contribution in [0.5, 0.6) is 0 Å². The van der Waals surface area contributed by atoms with Gasteiger partial charge in [-0.15, -0.1) is 0 Å². The molecule has 5 rings (SSSR count). The number of rotatable bonds is 15. The van der Waals surface area contributed by atoms with Crippen molar-refractivity contribution < 1.29 is 4.79 Å². The zero-order valence-electron chi connectivity index (χ0n) is 24.8. The summed E-state index contributed by atoms with van der Waals surface area (Å²) in [4.78, 5) is 30.3. The maximum absolute atomic E-state index is 13.1. The molecule has 0 unspecified atom stereocenters. The fraction of sp³-hybridized carbons (Fsp3) is 0.306. The lowest BCUT2D eigenvalue weighted by Gasteiger charge is -2.21. The number of fused-ring (bicyclic) bond motifs is 1. The van der Waals surface area contributed by atoms with Crippen LogP contribution < -0.4 is 0 Å². The van der Waals surface area contributed by atoms with Crippen LogP contribution in [-0.4, -0.2) is 43.6 Å². The highest BCUT2D eigenvalue weighted by Crippen LogP contribution is 2.18. The lowest BCUT2D eigenvalue weighted by Crippen LogP contribution is -2.24. The first-order valence-corrected chi connectivity index (χ1v) is 15.1. The van der Waals surface area contributed by atoms with Crippen LogP contribution in [0.4, 0.5) is 0 Å². The first kappa shape index (κ1) is 29.4. The van der Waals surface area contributed by atoms with E-state index < -0.39 is 0 Å². The Bertz CT molecular complexity index is 1540. The maximum Gasteiger partial charge on any atom is 0.167 e. The number of pyridine rings is 1. The average molecular weight is 560 g/mol. The van der Waals surface area contributed by atoms with Gasteiger partial charge in [-0.2, -0.15) is 0 Å². The molecule has 0 radical (unpaired) electrons. The monoisotopic (exact) mass is 559 g/mol. The molecule has 0 saturated carbocycles. The summed E-state index contributed by atoms with van der Waals surface area (Å²) in [5.41, 5.74) is 5.26. The van der Waals surface area contributed by atoms with Gasteiger partial charge in [0.2, 0.25) is 0 Å². The molecule has 5 aromatic rings. The summed E-state index contributed by atoms with van der Waals surface area (Å²) >= 11 is 0. The number of hydrogen-bond donors (Lipinski definition) is 1. The first-order valence-electron chi connectivity index (χ1n) is 15.1. The van der Waals surface area contributed by atoms with E-state index in [1.54, 1.807) is 6.20 Å². The molecule has 0 aliphatic heterocycles. The van der Waals surface area contributed by atoms with E-state index in [-0.39, 0.29) is 5.78 Å². The van der Waals surface area contributed by atoms with Crippen LogP contribution in [0.15, 0.2) is 97.5 Å². The number of hydrogen-bond acceptors (Lipinski definition) is 5. The highest BCUT2D eigenvalue weighted by Gasteiger charge is 2.13. The van der Waals surface area contributed by atoms with Crippen molar-refractivity contribution in [1.82, 2.24) is 24.8 Å². The molecule has 42 heavy (non-hydrogen) atoms. The van der Waals surface area contributed by atoms with Crippen molar-refractivity contribution in [1.29, 1.82) is 0 Å². The highest BCUT2D eigenvalue weighted by molar-refractivity contribution is 5.97. The fourth-order valence-electron chi connectivity index (χ4n) is 5.47. The summed E-state index contributed by atoms with van der Waals surface area (Å²) in [6.45, 7) is 9.73. The van der Waals surface area contributed by atoms with Gasteiger partial charge in [0.1, 0.15) is 5.82 Å². The topological polar surface area (TPSA) is 65.1 Å². The van der Waals surface area contributed by atoms with Gasteiger partial charge in [-0.25, -0.2) is 4.98 Å². The molecule has 0 atom stereocenters. The van der Waals surface area contributed by atoms with Crippen molar-refractivity contribution in [2.24, 2.45) is 0 Å². The summed E-state index contributed by atoms with van der Waals surface area (Å²) in [7, 11) is 0. The zero-order chi connectivity index (χ0) is 29.1. The summed E-state index contributed by atoms with van der Waals surface area (Å²) in [6.07, 6.45) is 8.31. The molecule has 216 valence electrons. The normalized spacial score (nSPS) is 11.5. The van der Waals surface area contributed by atoms with Crippen LogP contribution in [0.1, 0.15) is 65.3 Å². The molecular weight excluding hydrogens is 518 g/mol. The Labute approximate surface area is 249 Å². The van der Waals surface area contributed by atoms with Crippen LogP contribution in [0.3, 0.4) is 0 Å². The number of H-pyrrole nitrogens is 1. The summed E-state index contributed by atoms with van der Waals surface area (Å²) in [5, 5.41) is 2.33. The SMILES string of the molecule is CCCN(CCC)Cc1ccc(CC(=O)c2ccc(CN(Cc3cc4ccccc4cn3)Cc3ncc[nH]3)cc2)cc1. The summed E-state index contributed by atoms with van der Waals surface area (Å²) < 4.78 is 0. The number of nitrogens with zero attached hydrogens (tertiary/aromatic N) is 4. The van der Waals surface area contributed by atoms with E-state index >= 15 is 0 Å². The predicted molar refractivity (Wildman–Crippen MR) is 170 cm³/mol. The van der Waals surface area contributed by atoms with E-state index in [4.69, 9.17) is 4.98 Å². The number of ketones is 1. The number of carbonyl (C=O) groups excluding carboxylic acids is 1. The quantitative estimate of drug-likeness (QED) is 0.137. The second-order valence-corrected chi connectivity index (χ2v) is 11.1. The van der Waals surface area contributed by atoms with Crippen LogP contribution in [0, 0.1) is 0 Å². The molecule has 0 bridgehead atoms. The molecule has 6 nitrogen and oxygen atoms in total. The summed E-state index contributed by atoms with van der Waals surface area (Å²) in [6, 6.07) is 27.0. The Morgan fingerprint density at radius 1 is 0.714 bits per heavy atom. The van der Waals surface area contributed by atoms with Crippen molar-refractivity contribution in [2.45, 2.75) is 59.3 Å². The van der Waals surface area contributed by atoms with Crippen LogP contribution in [0.2, 0.25) is 0 Å². The van der Waals surface area contributed by atoms with Gasteiger partial charge in [-0.1, -0.05) is 86.6 Å². The third-order valence-electron chi connectivity index (χ3n) is 7.56.